The van der Waals surface area contributed by atoms with Crippen molar-refractivity contribution in [2.75, 3.05) is 13.2 Å². The summed E-state index contributed by atoms with van der Waals surface area (Å²) in [6.07, 6.45) is 1.27. The van der Waals surface area contributed by atoms with Crippen molar-refractivity contribution in [1.82, 2.24) is 0 Å². The normalized spacial score (nSPS) is 22.0. The molecule has 1 aliphatic rings. The summed E-state index contributed by atoms with van der Waals surface area (Å²) in [6.45, 7) is 4.10. The zero-order valence-corrected chi connectivity index (χ0v) is 13.3. The topological polar surface area (TPSA) is 110 Å². The Bertz CT molecular complexity index is 449. The Labute approximate surface area is 135 Å². The number of esters is 2. The Morgan fingerprint density at radius 1 is 1.09 bits per heavy atom. The lowest BCUT2D eigenvalue weighted by Crippen LogP contribution is -2.29. The summed E-state index contributed by atoms with van der Waals surface area (Å²) in [6, 6.07) is 0. The molecule has 7 nitrogen and oxygen atoms in total. The Hall–Kier alpha value is -1.73. The molecule has 1 saturated carbocycles. The highest BCUT2D eigenvalue weighted by atomic mass is 16.6. The van der Waals surface area contributed by atoms with Crippen LogP contribution in [0.25, 0.3) is 0 Å². The highest BCUT2D eigenvalue weighted by Crippen LogP contribution is 2.26. The maximum atomic E-state index is 11.7. The van der Waals surface area contributed by atoms with E-state index in [4.69, 9.17) is 9.47 Å². The van der Waals surface area contributed by atoms with Crippen molar-refractivity contribution in [3.8, 4) is 0 Å². The van der Waals surface area contributed by atoms with Crippen molar-refractivity contribution in [1.29, 1.82) is 0 Å². The fraction of sp³-hybridized carbons (Fsp3) is 0.688. The van der Waals surface area contributed by atoms with Crippen LogP contribution in [-0.2, 0) is 23.9 Å². The highest BCUT2D eigenvalue weighted by molar-refractivity contribution is 6.33. The molecular weight excluding hydrogens is 304 g/mol. The first kappa shape index (κ1) is 19.3. The van der Waals surface area contributed by atoms with Gasteiger partial charge in [0.15, 0.2) is 0 Å². The molecule has 23 heavy (non-hydrogen) atoms. The largest absolute Gasteiger partial charge is 0.459 e. The van der Waals surface area contributed by atoms with E-state index < -0.39 is 30.4 Å². The third-order valence-electron chi connectivity index (χ3n) is 3.68. The van der Waals surface area contributed by atoms with Gasteiger partial charge in [-0.15, -0.1) is 0 Å². The number of Topliss-reactive ketones (excluding diaryl/α,β-unsaturated/α-hetero) is 1. The summed E-state index contributed by atoms with van der Waals surface area (Å²) in [5.41, 5.74) is 0.196. The second-order valence-corrected chi connectivity index (χ2v) is 5.93. The summed E-state index contributed by atoms with van der Waals surface area (Å²) >= 11 is 0. The lowest BCUT2D eigenvalue weighted by atomic mass is 9.84. The molecule has 0 aliphatic heterocycles. The molecule has 7 heteroatoms. The molecule has 1 fully saturated rings. The quantitative estimate of drug-likeness (QED) is 0.380. The third kappa shape index (κ3) is 7.38. The minimum absolute atomic E-state index is 0.0832. The van der Waals surface area contributed by atoms with Gasteiger partial charge >= 0.3 is 11.9 Å². The van der Waals surface area contributed by atoms with Gasteiger partial charge in [-0.25, -0.2) is 9.59 Å². The van der Waals surface area contributed by atoms with Crippen molar-refractivity contribution in [2.24, 2.45) is 5.92 Å². The average molecular weight is 328 g/mol. The SMILES string of the molecule is C=C(C)C(=O)OCC(O)COC(=O)C(=O)CC1CCC(O)CC1. The van der Waals surface area contributed by atoms with E-state index in [1.54, 1.807) is 0 Å². The summed E-state index contributed by atoms with van der Waals surface area (Å²) in [5, 5.41) is 18.9. The predicted octanol–water partition coefficient (Wildman–Crippen LogP) is 0.520. The Kier molecular flexibility index (Phi) is 7.91. The summed E-state index contributed by atoms with van der Waals surface area (Å²) in [5.74, 6) is -2.20. The van der Waals surface area contributed by atoms with Crippen LogP contribution in [0.2, 0.25) is 0 Å². The molecule has 0 amide bonds. The van der Waals surface area contributed by atoms with Gasteiger partial charge in [-0.1, -0.05) is 6.58 Å². The molecule has 0 aromatic heterocycles. The number of carbonyl (C=O) groups excluding carboxylic acids is 3. The molecule has 0 radical (unpaired) electrons. The van der Waals surface area contributed by atoms with Gasteiger partial charge in [0.25, 0.3) is 0 Å². The van der Waals surface area contributed by atoms with Crippen molar-refractivity contribution in [3.05, 3.63) is 12.2 Å². The summed E-state index contributed by atoms with van der Waals surface area (Å²) in [7, 11) is 0. The molecule has 0 bridgehead atoms. The minimum atomic E-state index is -1.19. The standard InChI is InChI=1S/C16H24O7/c1-10(2)15(20)22-8-13(18)9-23-16(21)14(19)7-11-3-5-12(17)6-4-11/h11-13,17-18H,1,3-9H2,2H3. The maximum Gasteiger partial charge on any atom is 0.374 e. The van der Waals surface area contributed by atoms with E-state index in [9.17, 15) is 24.6 Å². The Balaban J connectivity index is 2.23. The van der Waals surface area contributed by atoms with Crippen LogP contribution in [0.1, 0.15) is 39.0 Å². The monoisotopic (exact) mass is 328 g/mol. The summed E-state index contributed by atoms with van der Waals surface area (Å²) < 4.78 is 9.42. The minimum Gasteiger partial charge on any atom is -0.459 e. The number of ketones is 1. The number of aliphatic hydroxyl groups is 2. The fourth-order valence-corrected chi connectivity index (χ4v) is 2.29. The fourth-order valence-electron chi connectivity index (χ4n) is 2.29. The molecular formula is C16H24O7. The lowest BCUT2D eigenvalue weighted by molar-refractivity contribution is -0.158. The van der Waals surface area contributed by atoms with Crippen LogP contribution in [0, 0.1) is 5.92 Å². The molecule has 1 atom stereocenters. The van der Waals surface area contributed by atoms with E-state index in [2.05, 4.69) is 6.58 Å². The van der Waals surface area contributed by atoms with Crippen LogP contribution in [0.3, 0.4) is 0 Å². The first-order valence-corrected chi connectivity index (χ1v) is 7.68. The van der Waals surface area contributed by atoms with Gasteiger partial charge in [-0.3, -0.25) is 4.79 Å². The third-order valence-corrected chi connectivity index (χ3v) is 3.68. The molecule has 0 aromatic carbocycles. The molecule has 1 aliphatic carbocycles. The second kappa shape index (κ2) is 9.42. The van der Waals surface area contributed by atoms with E-state index in [-0.39, 0.29) is 30.6 Å². The first-order chi connectivity index (χ1) is 10.8. The van der Waals surface area contributed by atoms with E-state index >= 15 is 0 Å². The maximum absolute atomic E-state index is 11.7. The van der Waals surface area contributed by atoms with Gasteiger partial charge in [0.1, 0.15) is 19.3 Å². The summed E-state index contributed by atoms with van der Waals surface area (Å²) in [4.78, 5) is 34.4. The van der Waals surface area contributed by atoms with E-state index in [1.807, 2.05) is 0 Å². The van der Waals surface area contributed by atoms with Crippen LogP contribution in [0.4, 0.5) is 0 Å². The average Bonchev–Trinajstić information content (AvgIpc) is 2.52. The van der Waals surface area contributed by atoms with Crippen molar-refractivity contribution in [3.63, 3.8) is 0 Å². The molecule has 0 spiro atoms. The van der Waals surface area contributed by atoms with Crippen molar-refractivity contribution < 1.29 is 34.1 Å². The zero-order chi connectivity index (χ0) is 17.4. The molecule has 0 saturated heterocycles. The number of aliphatic hydroxyl groups excluding tert-OH is 2. The first-order valence-electron chi connectivity index (χ1n) is 7.68. The van der Waals surface area contributed by atoms with E-state index in [0.29, 0.717) is 25.7 Å². The zero-order valence-electron chi connectivity index (χ0n) is 13.3. The van der Waals surface area contributed by atoms with Crippen LogP contribution in [0.15, 0.2) is 12.2 Å². The van der Waals surface area contributed by atoms with Gasteiger partial charge in [0.2, 0.25) is 5.78 Å². The van der Waals surface area contributed by atoms with Gasteiger partial charge in [0, 0.05) is 12.0 Å². The number of hydrogen-bond acceptors (Lipinski definition) is 7. The molecule has 2 N–H and O–H groups in total. The Morgan fingerprint density at radius 3 is 2.13 bits per heavy atom. The number of rotatable bonds is 8. The van der Waals surface area contributed by atoms with Crippen LogP contribution < -0.4 is 0 Å². The van der Waals surface area contributed by atoms with Gasteiger partial charge in [0.05, 0.1) is 6.10 Å². The highest BCUT2D eigenvalue weighted by Gasteiger charge is 2.25. The van der Waals surface area contributed by atoms with Crippen molar-refractivity contribution in [2.45, 2.75) is 51.2 Å². The van der Waals surface area contributed by atoms with Gasteiger partial charge in [-0.2, -0.15) is 0 Å². The molecule has 0 aromatic rings. The smallest absolute Gasteiger partial charge is 0.374 e. The van der Waals surface area contributed by atoms with Crippen molar-refractivity contribution >= 4 is 17.7 Å². The lowest BCUT2D eigenvalue weighted by Gasteiger charge is -2.24. The van der Waals surface area contributed by atoms with Gasteiger partial charge < -0.3 is 19.7 Å². The second-order valence-electron chi connectivity index (χ2n) is 5.93. The van der Waals surface area contributed by atoms with E-state index in [1.165, 1.54) is 6.92 Å². The molecule has 1 unspecified atom stereocenters. The Morgan fingerprint density at radius 2 is 1.61 bits per heavy atom. The number of ether oxygens (including phenoxy) is 2. The van der Waals surface area contributed by atoms with Crippen LogP contribution >= 0.6 is 0 Å². The number of carbonyl (C=O) groups is 3. The predicted molar refractivity (Wildman–Crippen MR) is 80.3 cm³/mol. The van der Waals surface area contributed by atoms with E-state index in [0.717, 1.165) is 0 Å². The molecule has 0 heterocycles. The number of hydrogen-bond donors (Lipinski definition) is 2. The molecule has 1 rings (SSSR count). The van der Waals surface area contributed by atoms with Crippen LogP contribution in [-0.4, -0.2) is 53.4 Å². The van der Waals surface area contributed by atoms with Crippen LogP contribution in [0.5, 0.6) is 0 Å². The van der Waals surface area contributed by atoms with Gasteiger partial charge in [-0.05, 0) is 38.5 Å². The molecule has 130 valence electrons.